The van der Waals surface area contributed by atoms with E-state index < -0.39 is 17.5 Å². The van der Waals surface area contributed by atoms with E-state index in [1.807, 2.05) is 25.5 Å². The molecule has 0 saturated carbocycles. The highest BCUT2D eigenvalue weighted by Gasteiger charge is 2.14. The summed E-state index contributed by atoms with van der Waals surface area (Å²) in [6.45, 7) is 4.00. The lowest BCUT2D eigenvalue weighted by molar-refractivity contribution is -0.113. The quantitative estimate of drug-likeness (QED) is 0.858. The van der Waals surface area contributed by atoms with Crippen LogP contribution in [0.3, 0.4) is 0 Å². The third-order valence-electron chi connectivity index (χ3n) is 2.92. The van der Waals surface area contributed by atoms with Gasteiger partial charge in [0.2, 0.25) is 5.91 Å². The van der Waals surface area contributed by atoms with E-state index in [0.29, 0.717) is 5.16 Å². The van der Waals surface area contributed by atoms with Crippen LogP contribution < -0.4 is 5.32 Å². The van der Waals surface area contributed by atoms with Crippen LogP contribution in [0.5, 0.6) is 0 Å². The summed E-state index contributed by atoms with van der Waals surface area (Å²) in [7, 11) is 1.83. The zero-order valence-corrected chi connectivity index (χ0v) is 13.2. The number of halogens is 2. The average molecular weight is 326 g/mol. The number of amides is 1. The maximum atomic E-state index is 13.4. The molecule has 8 heteroatoms. The SMILES string of the molecule is CC(C)c1nnc(SCC(=O)Nc2ccc(F)cc2F)n1C. The van der Waals surface area contributed by atoms with Gasteiger partial charge in [-0.3, -0.25) is 4.79 Å². The number of benzene rings is 1. The molecule has 0 fully saturated rings. The van der Waals surface area contributed by atoms with E-state index in [0.717, 1.165) is 18.0 Å². The fourth-order valence-corrected chi connectivity index (χ4v) is 2.58. The largest absolute Gasteiger partial charge is 0.323 e. The van der Waals surface area contributed by atoms with Crippen LogP contribution in [0, 0.1) is 11.6 Å². The molecule has 1 amide bonds. The lowest BCUT2D eigenvalue weighted by atomic mass is 10.2. The molecule has 1 heterocycles. The molecule has 1 N–H and O–H groups in total. The molecule has 0 saturated heterocycles. The smallest absolute Gasteiger partial charge is 0.234 e. The standard InChI is InChI=1S/C14H16F2N4OS/c1-8(2)13-18-19-14(20(13)3)22-7-12(21)17-11-5-4-9(15)6-10(11)16/h4-6,8H,7H2,1-3H3,(H,17,21). The lowest BCUT2D eigenvalue weighted by Gasteiger charge is -2.07. The summed E-state index contributed by atoms with van der Waals surface area (Å²) in [5.74, 6) is -0.781. The number of hydrogen-bond donors (Lipinski definition) is 1. The van der Waals surface area contributed by atoms with Crippen molar-refractivity contribution in [2.45, 2.75) is 24.9 Å². The summed E-state index contributed by atoms with van der Waals surface area (Å²) in [6.07, 6.45) is 0. The third kappa shape index (κ3) is 3.82. The predicted octanol–water partition coefficient (Wildman–Crippen LogP) is 2.95. The number of carbonyl (C=O) groups is 1. The Morgan fingerprint density at radius 3 is 2.68 bits per heavy atom. The van der Waals surface area contributed by atoms with Gasteiger partial charge in [-0.15, -0.1) is 10.2 Å². The highest BCUT2D eigenvalue weighted by Crippen LogP contribution is 2.20. The minimum Gasteiger partial charge on any atom is -0.323 e. The highest BCUT2D eigenvalue weighted by atomic mass is 32.2. The minimum absolute atomic E-state index is 0.0483. The number of nitrogens with zero attached hydrogens (tertiary/aromatic N) is 3. The fraction of sp³-hybridized carbons (Fsp3) is 0.357. The topological polar surface area (TPSA) is 59.8 Å². The van der Waals surface area contributed by atoms with Gasteiger partial charge in [-0.1, -0.05) is 25.6 Å². The average Bonchev–Trinajstić information content (AvgIpc) is 2.81. The highest BCUT2D eigenvalue weighted by molar-refractivity contribution is 7.99. The molecule has 22 heavy (non-hydrogen) atoms. The Labute approximate surface area is 131 Å². The number of thioether (sulfide) groups is 1. The molecule has 118 valence electrons. The molecule has 1 aromatic carbocycles. The number of anilines is 1. The lowest BCUT2D eigenvalue weighted by Crippen LogP contribution is -2.15. The van der Waals surface area contributed by atoms with Crippen molar-refractivity contribution in [1.82, 2.24) is 14.8 Å². The molecule has 1 aromatic heterocycles. The van der Waals surface area contributed by atoms with Crippen LogP contribution >= 0.6 is 11.8 Å². The van der Waals surface area contributed by atoms with E-state index >= 15 is 0 Å². The summed E-state index contributed by atoms with van der Waals surface area (Å²) < 4.78 is 28.1. The van der Waals surface area contributed by atoms with Crippen molar-refractivity contribution in [3.05, 3.63) is 35.7 Å². The molecular weight excluding hydrogens is 310 g/mol. The number of hydrogen-bond acceptors (Lipinski definition) is 4. The molecular formula is C14H16F2N4OS. The Balaban J connectivity index is 1.96. The Bertz CT molecular complexity index is 687. The van der Waals surface area contributed by atoms with Crippen molar-refractivity contribution >= 4 is 23.4 Å². The van der Waals surface area contributed by atoms with Crippen molar-refractivity contribution in [3.8, 4) is 0 Å². The summed E-state index contributed by atoms with van der Waals surface area (Å²) in [4.78, 5) is 11.8. The monoisotopic (exact) mass is 326 g/mol. The molecule has 0 unspecified atom stereocenters. The van der Waals surface area contributed by atoms with Gasteiger partial charge in [0, 0.05) is 19.0 Å². The van der Waals surface area contributed by atoms with E-state index in [2.05, 4.69) is 15.5 Å². The second kappa shape index (κ2) is 6.87. The van der Waals surface area contributed by atoms with E-state index in [4.69, 9.17) is 0 Å². The zero-order valence-electron chi connectivity index (χ0n) is 12.4. The molecule has 0 aliphatic carbocycles. The Morgan fingerprint density at radius 2 is 2.09 bits per heavy atom. The normalized spacial score (nSPS) is 11.0. The van der Waals surface area contributed by atoms with Crippen molar-refractivity contribution in [1.29, 1.82) is 0 Å². The second-order valence-corrected chi connectivity index (χ2v) is 5.96. The number of aromatic nitrogens is 3. The molecule has 0 aliphatic heterocycles. The van der Waals surface area contributed by atoms with Crippen LogP contribution in [0.15, 0.2) is 23.4 Å². The maximum Gasteiger partial charge on any atom is 0.234 e. The predicted molar refractivity (Wildman–Crippen MR) is 80.8 cm³/mol. The Hall–Kier alpha value is -1.96. The summed E-state index contributed by atoms with van der Waals surface area (Å²) in [5.41, 5.74) is -0.0483. The van der Waals surface area contributed by atoms with Crippen molar-refractivity contribution in [3.63, 3.8) is 0 Å². The van der Waals surface area contributed by atoms with E-state index in [-0.39, 0.29) is 17.4 Å². The van der Waals surface area contributed by atoms with Gasteiger partial charge in [-0.05, 0) is 12.1 Å². The molecule has 2 aromatic rings. The first-order chi connectivity index (χ1) is 10.4. The van der Waals surface area contributed by atoms with Gasteiger partial charge in [0.15, 0.2) is 5.16 Å². The number of carbonyl (C=O) groups excluding carboxylic acids is 1. The van der Waals surface area contributed by atoms with Crippen LogP contribution in [-0.4, -0.2) is 26.4 Å². The van der Waals surface area contributed by atoms with Crippen molar-refractivity contribution < 1.29 is 13.6 Å². The first kappa shape index (κ1) is 16.4. The van der Waals surface area contributed by atoms with Crippen LogP contribution in [0.2, 0.25) is 0 Å². The van der Waals surface area contributed by atoms with Gasteiger partial charge in [0.05, 0.1) is 11.4 Å². The van der Waals surface area contributed by atoms with Gasteiger partial charge in [0.1, 0.15) is 17.5 Å². The second-order valence-electron chi connectivity index (χ2n) is 5.02. The summed E-state index contributed by atoms with van der Waals surface area (Å²) in [6, 6.07) is 3.00. The van der Waals surface area contributed by atoms with Crippen molar-refractivity contribution in [2.75, 3.05) is 11.1 Å². The van der Waals surface area contributed by atoms with E-state index in [9.17, 15) is 13.6 Å². The third-order valence-corrected chi connectivity index (χ3v) is 3.94. The van der Waals surface area contributed by atoms with Gasteiger partial charge in [0.25, 0.3) is 0 Å². The summed E-state index contributed by atoms with van der Waals surface area (Å²) in [5, 5.41) is 11.1. The molecule has 0 bridgehead atoms. The minimum atomic E-state index is -0.806. The molecule has 2 rings (SSSR count). The van der Waals surface area contributed by atoms with Gasteiger partial charge >= 0.3 is 0 Å². The van der Waals surface area contributed by atoms with E-state index in [1.165, 1.54) is 17.8 Å². The fourth-order valence-electron chi connectivity index (χ4n) is 1.86. The first-order valence-electron chi connectivity index (χ1n) is 6.65. The van der Waals surface area contributed by atoms with Gasteiger partial charge in [-0.25, -0.2) is 8.78 Å². The van der Waals surface area contributed by atoms with Gasteiger partial charge < -0.3 is 9.88 Å². The Kier molecular flexibility index (Phi) is 5.12. The summed E-state index contributed by atoms with van der Waals surface area (Å²) >= 11 is 1.20. The molecule has 0 spiro atoms. The molecule has 0 radical (unpaired) electrons. The number of rotatable bonds is 5. The van der Waals surface area contributed by atoms with Gasteiger partial charge in [-0.2, -0.15) is 0 Å². The maximum absolute atomic E-state index is 13.4. The van der Waals surface area contributed by atoms with E-state index in [1.54, 1.807) is 0 Å². The Morgan fingerprint density at radius 1 is 1.36 bits per heavy atom. The molecule has 5 nitrogen and oxygen atoms in total. The number of nitrogens with one attached hydrogen (secondary N) is 1. The van der Waals surface area contributed by atoms with Crippen LogP contribution in [0.1, 0.15) is 25.6 Å². The van der Waals surface area contributed by atoms with Crippen LogP contribution in [0.25, 0.3) is 0 Å². The molecule has 0 atom stereocenters. The zero-order chi connectivity index (χ0) is 16.3. The van der Waals surface area contributed by atoms with Crippen LogP contribution in [-0.2, 0) is 11.8 Å². The molecule has 0 aliphatic rings. The van der Waals surface area contributed by atoms with Crippen LogP contribution in [0.4, 0.5) is 14.5 Å². The first-order valence-corrected chi connectivity index (χ1v) is 7.64. The van der Waals surface area contributed by atoms with Crippen molar-refractivity contribution in [2.24, 2.45) is 7.05 Å².